The van der Waals surface area contributed by atoms with Gasteiger partial charge in [-0.2, -0.15) is 13.5 Å². The van der Waals surface area contributed by atoms with Crippen LogP contribution in [0.4, 0.5) is 0 Å². The minimum atomic E-state index is -3.72. The fraction of sp³-hybridized carbons (Fsp3) is 0. The molecular formula is C15H11BrClN3O2S. The van der Waals surface area contributed by atoms with Crippen molar-refractivity contribution in [2.24, 2.45) is 5.10 Å². The van der Waals surface area contributed by atoms with Crippen LogP contribution in [0, 0.1) is 0 Å². The molecule has 0 radical (unpaired) electrons. The molecule has 0 saturated carbocycles. The van der Waals surface area contributed by atoms with E-state index >= 15 is 0 Å². The summed E-state index contributed by atoms with van der Waals surface area (Å²) in [6.45, 7) is 0. The fourth-order valence-electron chi connectivity index (χ4n) is 2.05. The van der Waals surface area contributed by atoms with Gasteiger partial charge in [-0.1, -0.05) is 27.5 Å². The van der Waals surface area contributed by atoms with E-state index in [9.17, 15) is 8.42 Å². The highest BCUT2D eigenvalue weighted by Crippen LogP contribution is 2.21. The highest BCUT2D eigenvalue weighted by Gasteiger charge is 2.12. The Bertz CT molecular complexity index is 982. The van der Waals surface area contributed by atoms with Crippen molar-refractivity contribution in [1.82, 2.24) is 9.82 Å². The van der Waals surface area contributed by atoms with Crippen molar-refractivity contribution in [2.45, 2.75) is 4.90 Å². The van der Waals surface area contributed by atoms with Gasteiger partial charge in [-0.25, -0.2) is 4.83 Å². The van der Waals surface area contributed by atoms with Gasteiger partial charge in [0.2, 0.25) is 0 Å². The maximum atomic E-state index is 12.1. The van der Waals surface area contributed by atoms with E-state index in [-0.39, 0.29) is 4.90 Å². The number of H-pyrrole nitrogens is 1. The third-order valence-electron chi connectivity index (χ3n) is 3.18. The van der Waals surface area contributed by atoms with Gasteiger partial charge in [0.05, 0.1) is 11.1 Å². The highest BCUT2D eigenvalue weighted by molar-refractivity contribution is 9.10. The summed E-state index contributed by atoms with van der Waals surface area (Å²) >= 11 is 9.16. The average Bonchev–Trinajstić information content (AvgIpc) is 2.90. The topological polar surface area (TPSA) is 74.3 Å². The van der Waals surface area contributed by atoms with E-state index in [0.29, 0.717) is 5.02 Å². The van der Waals surface area contributed by atoms with Gasteiger partial charge in [0.1, 0.15) is 0 Å². The number of sulfonamides is 1. The summed E-state index contributed by atoms with van der Waals surface area (Å²) in [5.74, 6) is 0. The lowest BCUT2D eigenvalue weighted by molar-refractivity contribution is 0.584. The van der Waals surface area contributed by atoms with E-state index in [4.69, 9.17) is 11.6 Å². The molecule has 0 aliphatic carbocycles. The quantitative estimate of drug-likeness (QED) is 0.504. The summed E-state index contributed by atoms with van der Waals surface area (Å²) in [6.07, 6.45) is 3.22. The molecule has 1 heterocycles. The first-order chi connectivity index (χ1) is 11.0. The molecule has 3 aromatic rings. The number of hydrogen-bond acceptors (Lipinski definition) is 3. The lowest BCUT2D eigenvalue weighted by Crippen LogP contribution is -2.18. The van der Waals surface area contributed by atoms with Crippen molar-refractivity contribution in [3.05, 3.63) is 63.7 Å². The first-order valence-corrected chi connectivity index (χ1v) is 9.18. The zero-order chi connectivity index (χ0) is 16.4. The molecular weight excluding hydrogens is 402 g/mol. The molecule has 1 aromatic heterocycles. The molecule has 3 rings (SSSR count). The first-order valence-electron chi connectivity index (χ1n) is 6.53. The number of rotatable bonds is 4. The van der Waals surface area contributed by atoms with E-state index in [1.807, 2.05) is 18.2 Å². The molecule has 0 spiro atoms. The number of halogens is 2. The molecule has 0 fully saturated rings. The predicted octanol–water partition coefficient (Wildman–Crippen LogP) is 3.90. The molecule has 118 valence electrons. The Hall–Kier alpha value is -1.83. The van der Waals surface area contributed by atoms with Crippen molar-refractivity contribution in [3.8, 4) is 0 Å². The van der Waals surface area contributed by atoms with Gasteiger partial charge >= 0.3 is 0 Å². The van der Waals surface area contributed by atoms with Crippen LogP contribution in [0.15, 0.2) is 63.1 Å². The Balaban J connectivity index is 1.82. The number of nitrogens with one attached hydrogen (secondary N) is 2. The molecule has 0 amide bonds. The highest BCUT2D eigenvalue weighted by atomic mass is 79.9. The Morgan fingerprint density at radius 2 is 1.91 bits per heavy atom. The lowest BCUT2D eigenvalue weighted by Gasteiger charge is -2.02. The molecule has 0 unspecified atom stereocenters. The molecule has 2 N–H and O–H groups in total. The molecule has 0 bridgehead atoms. The summed E-state index contributed by atoms with van der Waals surface area (Å²) in [6, 6.07) is 11.6. The maximum absolute atomic E-state index is 12.1. The van der Waals surface area contributed by atoms with E-state index < -0.39 is 10.0 Å². The average molecular weight is 413 g/mol. The summed E-state index contributed by atoms with van der Waals surface area (Å²) in [4.78, 5) is 5.38. The standard InChI is InChI=1S/C15H11BrClN3O2S/c16-11-1-6-15-14(7-11)10(8-18-15)9-19-20-23(21,22)13-4-2-12(17)3-5-13/h1-9,18,20H. The normalized spacial score (nSPS) is 12.1. The minimum Gasteiger partial charge on any atom is -0.361 e. The van der Waals surface area contributed by atoms with Gasteiger partial charge in [-0.05, 0) is 42.5 Å². The number of benzene rings is 2. The third-order valence-corrected chi connectivity index (χ3v) is 5.16. The zero-order valence-corrected chi connectivity index (χ0v) is 14.8. The predicted molar refractivity (Wildman–Crippen MR) is 95.4 cm³/mol. The van der Waals surface area contributed by atoms with Crippen LogP contribution in [0.5, 0.6) is 0 Å². The van der Waals surface area contributed by atoms with Crippen LogP contribution in [-0.4, -0.2) is 19.6 Å². The Labute approximate surface area is 146 Å². The van der Waals surface area contributed by atoms with Crippen molar-refractivity contribution in [2.75, 3.05) is 0 Å². The largest absolute Gasteiger partial charge is 0.361 e. The molecule has 0 saturated heterocycles. The zero-order valence-electron chi connectivity index (χ0n) is 11.6. The monoisotopic (exact) mass is 411 g/mol. The van der Waals surface area contributed by atoms with Crippen LogP contribution in [0.1, 0.15) is 5.56 Å². The molecule has 8 heteroatoms. The summed E-state index contributed by atoms with van der Waals surface area (Å²) in [7, 11) is -3.72. The molecule has 0 atom stereocenters. The van der Waals surface area contributed by atoms with Crippen LogP contribution < -0.4 is 4.83 Å². The Morgan fingerprint density at radius 3 is 2.65 bits per heavy atom. The number of aromatic nitrogens is 1. The number of hydrogen-bond donors (Lipinski definition) is 2. The van der Waals surface area contributed by atoms with E-state index in [0.717, 1.165) is 20.9 Å². The summed E-state index contributed by atoms with van der Waals surface area (Å²) in [5, 5.41) is 5.24. The van der Waals surface area contributed by atoms with Crippen molar-refractivity contribution in [3.63, 3.8) is 0 Å². The van der Waals surface area contributed by atoms with Gasteiger partial charge < -0.3 is 4.98 Å². The van der Waals surface area contributed by atoms with Gasteiger partial charge in [0.15, 0.2) is 0 Å². The molecule has 0 aliphatic heterocycles. The van der Waals surface area contributed by atoms with Crippen LogP contribution in [0.25, 0.3) is 10.9 Å². The van der Waals surface area contributed by atoms with Crippen molar-refractivity contribution in [1.29, 1.82) is 0 Å². The van der Waals surface area contributed by atoms with Crippen molar-refractivity contribution >= 4 is 54.7 Å². The molecule has 2 aromatic carbocycles. The molecule has 0 aliphatic rings. The van der Waals surface area contributed by atoms with Crippen LogP contribution >= 0.6 is 27.5 Å². The van der Waals surface area contributed by atoms with Crippen LogP contribution in [0.3, 0.4) is 0 Å². The second kappa shape index (κ2) is 6.35. The molecule has 23 heavy (non-hydrogen) atoms. The number of hydrazone groups is 1. The van der Waals surface area contributed by atoms with Crippen molar-refractivity contribution < 1.29 is 8.42 Å². The second-order valence-corrected chi connectivity index (χ2v) is 7.75. The van der Waals surface area contributed by atoms with Gasteiger partial charge in [-0.3, -0.25) is 0 Å². The minimum absolute atomic E-state index is 0.0979. The van der Waals surface area contributed by atoms with Crippen LogP contribution in [0.2, 0.25) is 5.02 Å². The van der Waals surface area contributed by atoms with Crippen LogP contribution in [-0.2, 0) is 10.0 Å². The smallest absolute Gasteiger partial charge is 0.276 e. The SMILES string of the molecule is O=S(=O)(NN=Cc1c[nH]c2ccc(Br)cc12)c1ccc(Cl)cc1. The van der Waals surface area contributed by atoms with Gasteiger partial charge in [-0.15, -0.1) is 0 Å². The number of fused-ring (bicyclic) bond motifs is 1. The molecule has 5 nitrogen and oxygen atoms in total. The van der Waals surface area contributed by atoms with Gasteiger partial charge in [0.25, 0.3) is 10.0 Å². The summed E-state index contributed by atoms with van der Waals surface area (Å²) in [5.41, 5.74) is 1.72. The first kappa shape index (κ1) is 16.0. The maximum Gasteiger partial charge on any atom is 0.276 e. The summed E-state index contributed by atoms with van der Waals surface area (Å²) < 4.78 is 25.1. The number of aromatic amines is 1. The number of nitrogens with zero attached hydrogens (tertiary/aromatic N) is 1. The van der Waals surface area contributed by atoms with Gasteiger partial charge in [0, 0.05) is 32.2 Å². The second-order valence-electron chi connectivity index (χ2n) is 4.74. The van der Waals surface area contributed by atoms with E-state index in [1.54, 1.807) is 6.20 Å². The Morgan fingerprint density at radius 1 is 1.17 bits per heavy atom. The Kier molecular flexibility index (Phi) is 4.43. The van der Waals surface area contributed by atoms with E-state index in [1.165, 1.54) is 30.5 Å². The lowest BCUT2D eigenvalue weighted by atomic mass is 10.2. The third kappa shape index (κ3) is 3.57. The fourth-order valence-corrected chi connectivity index (χ4v) is 3.33. The van der Waals surface area contributed by atoms with E-state index in [2.05, 4.69) is 30.8 Å².